The number of nitrogens with one attached hydrogen (secondary N) is 1. The highest BCUT2D eigenvalue weighted by molar-refractivity contribution is 5.81. The number of rotatable bonds is 5. The first-order valence-corrected chi connectivity index (χ1v) is 8.05. The second-order valence-corrected chi connectivity index (χ2v) is 6.05. The van der Waals surface area contributed by atoms with Crippen molar-refractivity contribution in [3.63, 3.8) is 0 Å². The zero-order valence-corrected chi connectivity index (χ0v) is 13.0. The molecule has 0 aromatic rings. The van der Waals surface area contributed by atoms with Gasteiger partial charge in [-0.25, -0.2) is 0 Å². The fourth-order valence-electron chi connectivity index (χ4n) is 3.22. The number of likely N-dealkylation sites (tertiary alicyclic amines) is 2. The molecule has 2 heterocycles. The van der Waals surface area contributed by atoms with Crippen LogP contribution in [-0.4, -0.2) is 60.4 Å². The van der Waals surface area contributed by atoms with Crippen LogP contribution in [0.1, 0.15) is 32.6 Å². The highest BCUT2D eigenvalue weighted by Gasteiger charge is 2.32. The maximum Gasteiger partial charge on any atom is 0.237 e. The third kappa shape index (κ3) is 4.06. The molecule has 21 heavy (non-hydrogen) atoms. The van der Waals surface area contributed by atoms with Crippen LogP contribution in [0.15, 0.2) is 12.7 Å². The quantitative estimate of drug-likeness (QED) is 0.770. The standard InChI is InChI=1S/C16H27N3O2/c1-3-8-17-15(20)13(2)18-11-6-14(7-12-18)16(21)19-9-4-5-10-19/h3,13-14H,1,4-12H2,2H3,(H,17,20). The third-order valence-electron chi connectivity index (χ3n) is 4.64. The lowest BCUT2D eigenvalue weighted by atomic mass is 9.94. The van der Waals surface area contributed by atoms with E-state index in [0.29, 0.717) is 12.5 Å². The smallest absolute Gasteiger partial charge is 0.237 e. The van der Waals surface area contributed by atoms with E-state index in [-0.39, 0.29) is 17.9 Å². The van der Waals surface area contributed by atoms with Gasteiger partial charge in [0.15, 0.2) is 0 Å². The first-order chi connectivity index (χ1) is 10.1. The molecule has 2 aliphatic heterocycles. The van der Waals surface area contributed by atoms with Gasteiger partial charge in [0, 0.05) is 25.6 Å². The van der Waals surface area contributed by atoms with Crippen molar-refractivity contribution >= 4 is 11.8 Å². The van der Waals surface area contributed by atoms with Crippen LogP contribution in [-0.2, 0) is 9.59 Å². The van der Waals surface area contributed by atoms with E-state index < -0.39 is 0 Å². The van der Waals surface area contributed by atoms with Crippen molar-refractivity contribution in [1.29, 1.82) is 0 Å². The highest BCUT2D eigenvalue weighted by atomic mass is 16.2. The first-order valence-electron chi connectivity index (χ1n) is 8.05. The van der Waals surface area contributed by atoms with Crippen molar-refractivity contribution in [2.45, 2.75) is 38.6 Å². The van der Waals surface area contributed by atoms with Crippen LogP contribution in [0.2, 0.25) is 0 Å². The summed E-state index contributed by atoms with van der Waals surface area (Å²) in [7, 11) is 0. The molecule has 0 aromatic carbocycles. The van der Waals surface area contributed by atoms with Crippen molar-refractivity contribution in [3.05, 3.63) is 12.7 Å². The Morgan fingerprint density at radius 3 is 2.43 bits per heavy atom. The minimum absolute atomic E-state index is 0.0409. The van der Waals surface area contributed by atoms with E-state index in [1.54, 1.807) is 6.08 Å². The Labute approximate surface area is 127 Å². The summed E-state index contributed by atoms with van der Waals surface area (Å²) in [5, 5.41) is 2.83. The van der Waals surface area contributed by atoms with Crippen molar-refractivity contribution in [3.8, 4) is 0 Å². The topological polar surface area (TPSA) is 52.7 Å². The van der Waals surface area contributed by atoms with Gasteiger partial charge in [-0.05, 0) is 45.7 Å². The lowest BCUT2D eigenvalue weighted by Gasteiger charge is -2.35. The Hall–Kier alpha value is -1.36. The molecule has 2 amide bonds. The van der Waals surface area contributed by atoms with E-state index >= 15 is 0 Å². The molecular weight excluding hydrogens is 266 g/mol. The van der Waals surface area contributed by atoms with Gasteiger partial charge in [-0.15, -0.1) is 6.58 Å². The molecule has 1 unspecified atom stereocenters. The average molecular weight is 293 g/mol. The summed E-state index contributed by atoms with van der Waals surface area (Å²) in [6.07, 6.45) is 5.71. The zero-order chi connectivity index (χ0) is 15.2. The fraction of sp³-hybridized carbons (Fsp3) is 0.750. The molecule has 5 heteroatoms. The molecule has 0 radical (unpaired) electrons. The van der Waals surface area contributed by atoms with Crippen LogP contribution < -0.4 is 5.32 Å². The van der Waals surface area contributed by atoms with Gasteiger partial charge in [-0.2, -0.15) is 0 Å². The van der Waals surface area contributed by atoms with Gasteiger partial charge >= 0.3 is 0 Å². The number of hydrogen-bond donors (Lipinski definition) is 1. The van der Waals surface area contributed by atoms with Gasteiger partial charge in [0.25, 0.3) is 0 Å². The van der Waals surface area contributed by atoms with E-state index in [2.05, 4.69) is 16.8 Å². The largest absolute Gasteiger partial charge is 0.351 e. The molecule has 0 aliphatic carbocycles. The molecule has 0 saturated carbocycles. The number of piperidine rings is 1. The molecule has 1 atom stereocenters. The number of nitrogens with zero attached hydrogens (tertiary/aromatic N) is 2. The minimum atomic E-state index is -0.132. The predicted octanol–water partition coefficient (Wildman–Crippen LogP) is 1.01. The Balaban J connectivity index is 1.78. The predicted molar refractivity (Wildman–Crippen MR) is 82.8 cm³/mol. The van der Waals surface area contributed by atoms with Crippen LogP contribution in [0.4, 0.5) is 0 Å². The molecule has 0 bridgehead atoms. The molecular formula is C16H27N3O2. The van der Waals surface area contributed by atoms with E-state index in [1.165, 1.54) is 0 Å². The summed E-state index contributed by atoms with van der Waals surface area (Å²) < 4.78 is 0. The monoisotopic (exact) mass is 293 g/mol. The van der Waals surface area contributed by atoms with Crippen LogP contribution in [0.5, 0.6) is 0 Å². The van der Waals surface area contributed by atoms with Crippen molar-refractivity contribution in [2.75, 3.05) is 32.7 Å². The summed E-state index contributed by atoms with van der Waals surface area (Å²) in [4.78, 5) is 28.5. The lowest BCUT2D eigenvalue weighted by Crippen LogP contribution is -2.50. The number of carbonyl (C=O) groups excluding carboxylic acids is 2. The third-order valence-corrected chi connectivity index (χ3v) is 4.64. The summed E-state index contributed by atoms with van der Waals surface area (Å²) in [6.45, 7) is 9.55. The maximum absolute atomic E-state index is 12.4. The van der Waals surface area contributed by atoms with Crippen molar-refractivity contribution in [1.82, 2.24) is 15.1 Å². The molecule has 2 aliphatic rings. The van der Waals surface area contributed by atoms with Crippen molar-refractivity contribution < 1.29 is 9.59 Å². The van der Waals surface area contributed by atoms with Crippen LogP contribution in [0, 0.1) is 5.92 Å². The summed E-state index contributed by atoms with van der Waals surface area (Å²) in [5.74, 6) is 0.526. The molecule has 2 fully saturated rings. The van der Waals surface area contributed by atoms with Gasteiger partial charge < -0.3 is 10.2 Å². The number of carbonyl (C=O) groups is 2. The Bertz CT molecular complexity index is 383. The molecule has 0 spiro atoms. The van der Waals surface area contributed by atoms with Gasteiger partial charge in [0.1, 0.15) is 0 Å². The van der Waals surface area contributed by atoms with Crippen molar-refractivity contribution in [2.24, 2.45) is 5.92 Å². The van der Waals surface area contributed by atoms with E-state index in [1.807, 2.05) is 11.8 Å². The van der Waals surface area contributed by atoms with Gasteiger partial charge in [0.05, 0.1) is 6.04 Å². The Morgan fingerprint density at radius 1 is 1.24 bits per heavy atom. The SMILES string of the molecule is C=CCNC(=O)C(C)N1CCC(C(=O)N2CCCC2)CC1. The summed E-state index contributed by atoms with van der Waals surface area (Å²) in [5.41, 5.74) is 0. The molecule has 2 rings (SSSR count). The maximum atomic E-state index is 12.4. The zero-order valence-electron chi connectivity index (χ0n) is 13.0. The van der Waals surface area contributed by atoms with E-state index in [9.17, 15) is 9.59 Å². The molecule has 0 aromatic heterocycles. The molecule has 1 N–H and O–H groups in total. The highest BCUT2D eigenvalue weighted by Crippen LogP contribution is 2.23. The van der Waals surface area contributed by atoms with Crippen LogP contribution in [0.25, 0.3) is 0 Å². The first kappa shape index (κ1) is 16.0. The minimum Gasteiger partial charge on any atom is -0.351 e. The normalized spacial score (nSPS) is 22.0. The number of hydrogen-bond acceptors (Lipinski definition) is 3. The second kappa shape index (κ2) is 7.59. The van der Waals surface area contributed by atoms with Crippen LogP contribution >= 0.6 is 0 Å². The fourth-order valence-corrected chi connectivity index (χ4v) is 3.22. The molecule has 5 nitrogen and oxygen atoms in total. The van der Waals surface area contributed by atoms with E-state index in [4.69, 9.17) is 0 Å². The van der Waals surface area contributed by atoms with E-state index in [0.717, 1.165) is 51.9 Å². The summed E-state index contributed by atoms with van der Waals surface area (Å²) in [6, 6.07) is -0.132. The molecule has 118 valence electrons. The van der Waals surface area contributed by atoms with Gasteiger partial charge in [-0.3, -0.25) is 14.5 Å². The Morgan fingerprint density at radius 2 is 1.86 bits per heavy atom. The van der Waals surface area contributed by atoms with Gasteiger partial charge in [-0.1, -0.05) is 6.08 Å². The Kier molecular flexibility index (Phi) is 5.79. The van der Waals surface area contributed by atoms with Crippen LogP contribution in [0.3, 0.4) is 0 Å². The molecule has 2 saturated heterocycles. The lowest BCUT2D eigenvalue weighted by molar-refractivity contribution is -0.136. The second-order valence-electron chi connectivity index (χ2n) is 6.05. The number of amides is 2. The average Bonchev–Trinajstić information content (AvgIpc) is 3.05. The van der Waals surface area contributed by atoms with Gasteiger partial charge in [0.2, 0.25) is 11.8 Å². The summed E-state index contributed by atoms with van der Waals surface area (Å²) >= 11 is 0.